The Hall–Kier alpha value is -1.62. The first-order chi connectivity index (χ1) is 9.08. The average molecular weight is 323 g/mol. The average Bonchev–Trinajstić information content (AvgIpc) is 2.52. The Morgan fingerprint density at radius 1 is 1.37 bits per heavy atom. The number of rotatable bonds is 3. The molecule has 1 fully saturated rings. The van der Waals surface area contributed by atoms with Gasteiger partial charge in [-0.15, -0.1) is 0 Å². The molecular weight excluding hydrogens is 308 g/mol. The van der Waals surface area contributed by atoms with E-state index in [2.05, 4.69) is 27.8 Å². The number of carbonyl (C=O) groups is 2. The van der Waals surface area contributed by atoms with Crippen LogP contribution in [0.5, 0.6) is 0 Å². The van der Waals surface area contributed by atoms with Gasteiger partial charge >= 0.3 is 0 Å². The third-order valence-corrected chi connectivity index (χ3v) is 3.22. The summed E-state index contributed by atoms with van der Waals surface area (Å²) < 4.78 is 0.724. The van der Waals surface area contributed by atoms with Crippen molar-refractivity contribution in [1.82, 2.24) is 10.2 Å². The molecule has 4 nitrogen and oxygen atoms in total. The molecule has 0 aliphatic carbocycles. The molecule has 19 heavy (non-hydrogen) atoms. The molecule has 0 bridgehead atoms. The number of nitrogens with zero attached hydrogens (tertiary/aromatic N) is 1. The summed E-state index contributed by atoms with van der Waals surface area (Å²) in [7, 11) is 0. The van der Waals surface area contributed by atoms with Gasteiger partial charge in [-0.05, 0) is 5.56 Å². The van der Waals surface area contributed by atoms with Gasteiger partial charge in [-0.2, -0.15) is 0 Å². The first-order valence-electron chi connectivity index (χ1n) is 6.04. The maximum absolute atomic E-state index is 12.5. The highest BCUT2D eigenvalue weighted by Crippen LogP contribution is 2.20. The lowest BCUT2D eigenvalue weighted by Gasteiger charge is -2.23. The van der Waals surface area contributed by atoms with E-state index < -0.39 is 6.04 Å². The smallest absolute Gasteiger partial charge is 0.250 e. The summed E-state index contributed by atoms with van der Waals surface area (Å²) in [5.74, 6) is -0.206. The zero-order valence-corrected chi connectivity index (χ0v) is 12.0. The van der Waals surface area contributed by atoms with Gasteiger partial charge in [-0.3, -0.25) is 9.59 Å². The van der Waals surface area contributed by atoms with E-state index in [0.29, 0.717) is 19.5 Å². The standard InChI is InChI=1S/C14H15BrN2O2/c1-10(15)9-17-8-7-12(18)16-13(14(17)19)11-5-3-2-4-6-11/h2-6,13H,1,7-9H2,(H,16,18). The van der Waals surface area contributed by atoms with Crippen molar-refractivity contribution in [2.24, 2.45) is 0 Å². The number of nitrogens with one attached hydrogen (secondary N) is 1. The lowest BCUT2D eigenvalue weighted by atomic mass is 10.1. The van der Waals surface area contributed by atoms with Crippen LogP contribution >= 0.6 is 15.9 Å². The quantitative estimate of drug-likeness (QED) is 0.925. The van der Waals surface area contributed by atoms with E-state index in [1.807, 2.05) is 30.3 Å². The third-order valence-electron chi connectivity index (χ3n) is 2.97. The molecule has 5 heteroatoms. The van der Waals surface area contributed by atoms with Crippen LogP contribution in [-0.2, 0) is 9.59 Å². The van der Waals surface area contributed by atoms with Crippen molar-refractivity contribution in [1.29, 1.82) is 0 Å². The number of carbonyl (C=O) groups excluding carboxylic acids is 2. The minimum atomic E-state index is -0.608. The second-order valence-electron chi connectivity index (χ2n) is 4.44. The van der Waals surface area contributed by atoms with Gasteiger partial charge in [0.05, 0.1) is 6.54 Å². The topological polar surface area (TPSA) is 49.4 Å². The highest BCUT2D eigenvalue weighted by Gasteiger charge is 2.30. The highest BCUT2D eigenvalue weighted by molar-refractivity contribution is 9.11. The van der Waals surface area contributed by atoms with Crippen LogP contribution in [0.3, 0.4) is 0 Å². The minimum absolute atomic E-state index is 0.0994. The van der Waals surface area contributed by atoms with E-state index in [1.165, 1.54) is 0 Å². The second-order valence-corrected chi connectivity index (χ2v) is 5.56. The van der Waals surface area contributed by atoms with Crippen molar-refractivity contribution < 1.29 is 9.59 Å². The van der Waals surface area contributed by atoms with Gasteiger partial charge in [-0.25, -0.2) is 0 Å². The van der Waals surface area contributed by atoms with Gasteiger partial charge in [0, 0.05) is 17.4 Å². The fourth-order valence-corrected chi connectivity index (χ4v) is 2.36. The molecule has 0 aromatic heterocycles. The Labute approximate surface area is 120 Å². The van der Waals surface area contributed by atoms with Gasteiger partial charge in [0.25, 0.3) is 0 Å². The zero-order chi connectivity index (χ0) is 13.8. The molecule has 100 valence electrons. The molecule has 1 heterocycles. The summed E-state index contributed by atoms with van der Waals surface area (Å²) in [5.41, 5.74) is 0.799. The Morgan fingerprint density at radius 2 is 2.05 bits per heavy atom. The van der Waals surface area contributed by atoms with Crippen molar-refractivity contribution in [3.05, 3.63) is 47.0 Å². The van der Waals surface area contributed by atoms with E-state index in [4.69, 9.17) is 0 Å². The van der Waals surface area contributed by atoms with Crippen LogP contribution in [0, 0.1) is 0 Å². The van der Waals surface area contributed by atoms with Crippen molar-refractivity contribution in [2.45, 2.75) is 12.5 Å². The lowest BCUT2D eigenvalue weighted by Crippen LogP contribution is -2.38. The van der Waals surface area contributed by atoms with Crippen molar-refractivity contribution in [2.75, 3.05) is 13.1 Å². The maximum Gasteiger partial charge on any atom is 0.250 e. The maximum atomic E-state index is 12.5. The highest BCUT2D eigenvalue weighted by atomic mass is 79.9. The molecule has 1 aromatic carbocycles. The number of hydrogen-bond donors (Lipinski definition) is 1. The molecule has 0 saturated carbocycles. The number of halogens is 1. The molecule has 1 aliphatic rings. The predicted octanol–water partition coefficient (Wildman–Crippen LogP) is 1.98. The SMILES string of the molecule is C=C(Br)CN1CCC(=O)NC(c2ccccc2)C1=O. The van der Waals surface area contributed by atoms with Gasteiger partial charge < -0.3 is 10.2 Å². The third kappa shape index (κ3) is 3.44. The van der Waals surface area contributed by atoms with Crippen LogP contribution < -0.4 is 5.32 Å². The summed E-state index contributed by atoms with van der Waals surface area (Å²) in [6, 6.07) is 8.67. The Bertz CT molecular complexity index is 501. The van der Waals surface area contributed by atoms with E-state index >= 15 is 0 Å². The Morgan fingerprint density at radius 3 is 2.68 bits per heavy atom. The summed E-state index contributed by atoms with van der Waals surface area (Å²) in [6.07, 6.45) is 0.315. The molecule has 1 N–H and O–H groups in total. The first-order valence-corrected chi connectivity index (χ1v) is 6.83. The van der Waals surface area contributed by atoms with E-state index in [9.17, 15) is 9.59 Å². The molecule has 1 unspecified atom stereocenters. The second kappa shape index (κ2) is 6.02. The van der Waals surface area contributed by atoms with Crippen LogP contribution in [0.2, 0.25) is 0 Å². The number of hydrogen-bond acceptors (Lipinski definition) is 2. The van der Waals surface area contributed by atoms with Gasteiger partial charge in [0.15, 0.2) is 0 Å². The summed E-state index contributed by atoms with van der Waals surface area (Å²) in [4.78, 5) is 25.8. The summed E-state index contributed by atoms with van der Waals surface area (Å²) in [6.45, 7) is 4.58. The Balaban J connectivity index is 2.27. The summed E-state index contributed by atoms with van der Waals surface area (Å²) in [5, 5.41) is 2.77. The van der Waals surface area contributed by atoms with Crippen LogP contribution in [0.4, 0.5) is 0 Å². The van der Waals surface area contributed by atoms with Crippen LogP contribution in [0.15, 0.2) is 41.4 Å². The monoisotopic (exact) mass is 322 g/mol. The molecule has 1 aromatic rings. The molecule has 1 atom stereocenters. The van der Waals surface area contributed by atoms with Crippen molar-refractivity contribution in [3.63, 3.8) is 0 Å². The fourth-order valence-electron chi connectivity index (χ4n) is 2.06. The molecule has 1 saturated heterocycles. The fraction of sp³-hybridized carbons (Fsp3) is 0.286. The van der Waals surface area contributed by atoms with Crippen molar-refractivity contribution in [3.8, 4) is 0 Å². The molecule has 0 radical (unpaired) electrons. The van der Waals surface area contributed by atoms with Gasteiger partial charge in [0.1, 0.15) is 6.04 Å². The number of benzene rings is 1. The predicted molar refractivity (Wildman–Crippen MR) is 76.6 cm³/mol. The van der Waals surface area contributed by atoms with Crippen molar-refractivity contribution >= 4 is 27.7 Å². The van der Waals surface area contributed by atoms with E-state index in [-0.39, 0.29) is 11.8 Å². The lowest BCUT2D eigenvalue weighted by molar-refractivity contribution is -0.133. The van der Waals surface area contributed by atoms with E-state index in [1.54, 1.807) is 4.90 Å². The van der Waals surface area contributed by atoms with Gasteiger partial charge in [-0.1, -0.05) is 52.8 Å². The van der Waals surface area contributed by atoms with Crippen LogP contribution in [0.25, 0.3) is 0 Å². The Kier molecular flexibility index (Phi) is 4.37. The zero-order valence-electron chi connectivity index (χ0n) is 10.4. The molecular formula is C14H15BrN2O2. The molecule has 2 amide bonds. The van der Waals surface area contributed by atoms with Crippen LogP contribution in [-0.4, -0.2) is 29.8 Å². The molecule has 2 rings (SSSR count). The molecule has 0 spiro atoms. The van der Waals surface area contributed by atoms with Gasteiger partial charge in [0.2, 0.25) is 11.8 Å². The largest absolute Gasteiger partial charge is 0.340 e. The number of amides is 2. The normalized spacial score (nSPS) is 19.8. The first kappa shape index (κ1) is 13.8. The minimum Gasteiger partial charge on any atom is -0.340 e. The summed E-state index contributed by atoms with van der Waals surface area (Å²) >= 11 is 3.26. The van der Waals surface area contributed by atoms with E-state index in [0.717, 1.165) is 10.0 Å². The van der Waals surface area contributed by atoms with Crippen LogP contribution in [0.1, 0.15) is 18.0 Å². The molecule has 1 aliphatic heterocycles.